The molecule has 0 aliphatic rings. The first-order chi connectivity index (χ1) is 10.3. The zero-order valence-electron chi connectivity index (χ0n) is 13.6. The van der Waals surface area contributed by atoms with Gasteiger partial charge in [0.1, 0.15) is 0 Å². The Morgan fingerprint density at radius 1 is 1.00 bits per heavy atom. The summed E-state index contributed by atoms with van der Waals surface area (Å²) in [6, 6.07) is 12.8. The van der Waals surface area contributed by atoms with Crippen molar-refractivity contribution in [3.63, 3.8) is 0 Å². The minimum Gasteiger partial charge on any atom is -0.280 e. The lowest BCUT2D eigenvalue weighted by Gasteiger charge is -2.12. The topological polar surface area (TPSA) is 46.2 Å². The molecule has 3 nitrogen and oxygen atoms in total. The third kappa shape index (κ3) is 3.69. The quantitative estimate of drug-likeness (QED) is 0.874. The van der Waals surface area contributed by atoms with E-state index in [0.29, 0.717) is 16.5 Å². The molecule has 1 N–H and O–H groups in total. The van der Waals surface area contributed by atoms with Crippen LogP contribution in [0.25, 0.3) is 0 Å². The Bertz CT molecular complexity index is 749. The molecule has 0 amide bonds. The van der Waals surface area contributed by atoms with Crippen molar-refractivity contribution in [3.8, 4) is 0 Å². The molecule has 0 heterocycles. The van der Waals surface area contributed by atoms with Crippen molar-refractivity contribution in [3.05, 3.63) is 59.2 Å². The van der Waals surface area contributed by atoms with E-state index in [-0.39, 0.29) is 0 Å². The van der Waals surface area contributed by atoms with Crippen molar-refractivity contribution in [2.75, 3.05) is 4.72 Å². The molecule has 118 valence electrons. The van der Waals surface area contributed by atoms with Gasteiger partial charge in [0.05, 0.1) is 4.90 Å². The second kappa shape index (κ2) is 6.53. The summed E-state index contributed by atoms with van der Waals surface area (Å²) in [6.45, 7) is 8.18. The summed E-state index contributed by atoms with van der Waals surface area (Å²) in [6.07, 6.45) is 1.06. The van der Waals surface area contributed by atoms with Crippen LogP contribution in [0.5, 0.6) is 0 Å². The number of benzene rings is 2. The minimum atomic E-state index is -3.54. The van der Waals surface area contributed by atoms with Crippen LogP contribution in [0.1, 0.15) is 42.9 Å². The minimum absolute atomic E-state index is 0.293. The smallest absolute Gasteiger partial charge is 0.261 e. The van der Waals surface area contributed by atoms with E-state index in [1.54, 1.807) is 12.1 Å². The van der Waals surface area contributed by atoms with E-state index in [2.05, 4.69) is 18.6 Å². The molecule has 0 bridgehead atoms. The first kappa shape index (κ1) is 16.6. The van der Waals surface area contributed by atoms with Gasteiger partial charge in [-0.05, 0) is 67.1 Å². The SMILES string of the molecule is CC[C@@H](C)c1ccc(NS(=O)(=O)c2ccc(C)c(C)c2)cc1. The lowest BCUT2D eigenvalue weighted by molar-refractivity contribution is 0.601. The molecule has 2 aromatic rings. The van der Waals surface area contributed by atoms with Crippen LogP contribution in [0.3, 0.4) is 0 Å². The molecule has 2 rings (SSSR count). The molecule has 0 fully saturated rings. The van der Waals surface area contributed by atoms with Gasteiger partial charge in [0.15, 0.2) is 0 Å². The van der Waals surface area contributed by atoms with Gasteiger partial charge in [0, 0.05) is 5.69 Å². The van der Waals surface area contributed by atoms with Crippen molar-refractivity contribution >= 4 is 15.7 Å². The van der Waals surface area contributed by atoms with Gasteiger partial charge < -0.3 is 0 Å². The van der Waals surface area contributed by atoms with Gasteiger partial charge in [0.2, 0.25) is 0 Å². The molecule has 0 unspecified atom stereocenters. The van der Waals surface area contributed by atoms with Crippen molar-refractivity contribution in [1.29, 1.82) is 0 Å². The molecule has 0 spiro atoms. The van der Waals surface area contributed by atoms with Crippen molar-refractivity contribution < 1.29 is 8.42 Å². The molecule has 0 radical (unpaired) electrons. The maximum Gasteiger partial charge on any atom is 0.261 e. The van der Waals surface area contributed by atoms with E-state index in [4.69, 9.17) is 0 Å². The van der Waals surface area contributed by atoms with E-state index in [0.717, 1.165) is 17.5 Å². The number of aryl methyl sites for hydroxylation is 2. The Hall–Kier alpha value is -1.81. The van der Waals surface area contributed by atoms with Gasteiger partial charge in [-0.3, -0.25) is 4.72 Å². The molecule has 1 atom stereocenters. The highest BCUT2D eigenvalue weighted by Gasteiger charge is 2.15. The number of anilines is 1. The molecular weight excluding hydrogens is 294 g/mol. The third-order valence-corrected chi connectivity index (χ3v) is 5.51. The number of hydrogen-bond donors (Lipinski definition) is 1. The molecule has 0 saturated carbocycles. The summed E-state index contributed by atoms with van der Waals surface area (Å²) < 4.78 is 27.5. The second-order valence-corrected chi connectivity index (χ2v) is 7.47. The van der Waals surface area contributed by atoms with Crippen LogP contribution < -0.4 is 4.72 Å². The highest BCUT2D eigenvalue weighted by atomic mass is 32.2. The highest BCUT2D eigenvalue weighted by Crippen LogP contribution is 2.23. The van der Waals surface area contributed by atoms with Crippen LogP contribution in [0.2, 0.25) is 0 Å². The molecule has 0 aromatic heterocycles. The predicted molar refractivity (Wildman–Crippen MR) is 91.9 cm³/mol. The van der Waals surface area contributed by atoms with E-state index in [9.17, 15) is 8.42 Å². The standard InChI is InChI=1S/C18H23NO2S/c1-5-13(2)16-7-9-17(10-8-16)19-22(20,21)18-11-6-14(3)15(4)12-18/h6-13,19H,5H2,1-4H3/t13-/m1/s1. The summed E-state index contributed by atoms with van der Waals surface area (Å²) in [7, 11) is -3.54. The Morgan fingerprint density at radius 2 is 1.64 bits per heavy atom. The van der Waals surface area contributed by atoms with Crippen molar-refractivity contribution in [2.45, 2.75) is 44.9 Å². The average molecular weight is 317 g/mol. The normalized spacial score (nSPS) is 12.9. The van der Waals surface area contributed by atoms with Gasteiger partial charge in [-0.25, -0.2) is 8.42 Å². The second-order valence-electron chi connectivity index (χ2n) is 5.78. The molecule has 0 aliphatic heterocycles. The molecule has 22 heavy (non-hydrogen) atoms. The summed E-state index contributed by atoms with van der Waals surface area (Å²) in [5.74, 6) is 0.477. The predicted octanol–water partition coefficient (Wildman–Crippen LogP) is 4.62. The number of sulfonamides is 1. The first-order valence-electron chi connectivity index (χ1n) is 7.53. The number of rotatable bonds is 5. The maximum atomic E-state index is 12.4. The fraction of sp³-hybridized carbons (Fsp3) is 0.333. The fourth-order valence-corrected chi connectivity index (χ4v) is 3.35. The van der Waals surface area contributed by atoms with Crippen molar-refractivity contribution in [1.82, 2.24) is 0 Å². The van der Waals surface area contributed by atoms with Crippen LogP contribution in [0.4, 0.5) is 5.69 Å². The lowest BCUT2D eigenvalue weighted by Crippen LogP contribution is -2.13. The van der Waals surface area contributed by atoms with Crippen LogP contribution >= 0.6 is 0 Å². The summed E-state index contributed by atoms with van der Waals surface area (Å²) in [5, 5.41) is 0. The summed E-state index contributed by atoms with van der Waals surface area (Å²) in [4.78, 5) is 0.293. The zero-order chi connectivity index (χ0) is 16.3. The van der Waals surface area contributed by atoms with E-state index < -0.39 is 10.0 Å². The molecule has 0 saturated heterocycles. The van der Waals surface area contributed by atoms with E-state index in [1.165, 1.54) is 5.56 Å². The summed E-state index contributed by atoms with van der Waals surface area (Å²) >= 11 is 0. The van der Waals surface area contributed by atoms with Gasteiger partial charge in [-0.15, -0.1) is 0 Å². The van der Waals surface area contributed by atoms with Crippen LogP contribution in [0, 0.1) is 13.8 Å². The van der Waals surface area contributed by atoms with Gasteiger partial charge in [-0.2, -0.15) is 0 Å². The zero-order valence-corrected chi connectivity index (χ0v) is 14.4. The molecule has 4 heteroatoms. The van der Waals surface area contributed by atoms with Crippen molar-refractivity contribution in [2.24, 2.45) is 0 Å². The maximum absolute atomic E-state index is 12.4. The molecule has 2 aromatic carbocycles. The molecule has 0 aliphatic carbocycles. The van der Waals surface area contributed by atoms with Gasteiger partial charge in [-0.1, -0.05) is 32.0 Å². The van der Waals surface area contributed by atoms with Gasteiger partial charge >= 0.3 is 0 Å². The Balaban J connectivity index is 2.23. The summed E-state index contributed by atoms with van der Waals surface area (Å²) in [5.41, 5.74) is 3.86. The lowest BCUT2D eigenvalue weighted by atomic mass is 9.99. The van der Waals surface area contributed by atoms with Crippen LogP contribution in [-0.4, -0.2) is 8.42 Å². The Morgan fingerprint density at radius 3 is 2.18 bits per heavy atom. The Labute approximate surface area is 133 Å². The van der Waals surface area contributed by atoms with Crippen LogP contribution in [0.15, 0.2) is 47.4 Å². The first-order valence-corrected chi connectivity index (χ1v) is 9.02. The van der Waals surface area contributed by atoms with Gasteiger partial charge in [0.25, 0.3) is 10.0 Å². The third-order valence-electron chi connectivity index (χ3n) is 4.13. The average Bonchev–Trinajstić information content (AvgIpc) is 2.49. The number of hydrogen-bond acceptors (Lipinski definition) is 2. The molecular formula is C18H23NO2S. The Kier molecular flexibility index (Phi) is 4.91. The van der Waals surface area contributed by atoms with Crippen LogP contribution in [-0.2, 0) is 10.0 Å². The largest absolute Gasteiger partial charge is 0.280 e. The van der Waals surface area contributed by atoms with E-state index in [1.807, 2.05) is 44.2 Å². The fourth-order valence-electron chi connectivity index (χ4n) is 2.21. The monoisotopic (exact) mass is 317 g/mol. The number of nitrogens with one attached hydrogen (secondary N) is 1. The highest BCUT2D eigenvalue weighted by molar-refractivity contribution is 7.92. The van der Waals surface area contributed by atoms with E-state index >= 15 is 0 Å².